The van der Waals surface area contributed by atoms with Crippen LogP contribution in [0.25, 0.3) is 0 Å². The fourth-order valence-corrected chi connectivity index (χ4v) is 2.58. The molecule has 0 fully saturated rings. The summed E-state index contributed by atoms with van der Waals surface area (Å²) in [6.45, 7) is 0. The normalized spacial score (nSPS) is 10.8. The fourth-order valence-electron chi connectivity index (χ4n) is 1.32. The second-order valence-corrected chi connectivity index (χ2v) is 6.03. The first kappa shape index (κ1) is 14.5. The van der Waals surface area contributed by atoms with Gasteiger partial charge in [-0.3, -0.25) is 4.72 Å². The molecule has 20 heavy (non-hydrogen) atoms. The maximum absolute atomic E-state index is 12.0. The molecule has 6 nitrogen and oxygen atoms in total. The zero-order valence-electron chi connectivity index (χ0n) is 9.71. The molecular formula is C11H6Cl2N4O2S. The highest BCUT2D eigenvalue weighted by atomic mass is 35.5. The van der Waals surface area contributed by atoms with E-state index in [4.69, 9.17) is 28.5 Å². The Bertz CT molecular complexity index is 785. The minimum absolute atomic E-state index is 0.0506. The fraction of sp³-hybridized carbons (Fsp3) is 0. The summed E-state index contributed by atoms with van der Waals surface area (Å²) < 4.78 is 26.4. The van der Waals surface area contributed by atoms with Crippen LogP contribution in [0.2, 0.25) is 10.3 Å². The molecule has 1 heterocycles. The van der Waals surface area contributed by atoms with Gasteiger partial charge in [-0.05, 0) is 29.8 Å². The Balaban J connectivity index is 2.31. The van der Waals surface area contributed by atoms with E-state index in [0.29, 0.717) is 0 Å². The average Bonchev–Trinajstić information content (AvgIpc) is 2.39. The number of nitrogens with one attached hydrogen (secondary N) is 1. The molecule has 1 aromatic carbocycles. The number of hydrogen-bond acceptors (Lipinski definition) is 5. The van der Waals surface area contributed by atoms with E-state index in [1.807, 2.05) is 6.07 Å². The Labute approximate surface area is 125 Å². The molecule has 2 rings (SSSR count). The molecule has 0 atom stereocenters. The number of nitriles is 1. The van der Waals surface area contributed by atoms with Crippen LogP contribution in [0.5, 0.6) is 0 Å². The molecule has 0 saturated heterocycles. The van der Waals surface area contributed by atoms with Crippen molar-refractivity contribution in [2.45, 2.75) is 4.90 Å². The zero-order valence-corrected chi connectivity index (χ0v) is 12.0. The van der Waals surface area contributed by atoms with E-state index in [1.54, 1.807) is 0 Å². The number of anilines is 1. The van der Waals surface area contributed by atoms with Gasteiger partial charge in [0.2, 0.25) is 5.28 Å². The molecule has 0 radical (unpaired) electrons. The monoisotopic (exact) mass is 328 g/mol. The summed E-state index contributed by atoms with van der Waals surface area (Å²) >= 11 is 11.3. The Hall–Kier alpha value is -1.88. The van der Waals surface area contributed by atoms with E-state index in [0.717, 1.165) is 12.4 Å². The van der Waals surface area contributed by atoms with E-state index in [9.17, 15) is 8.42 Å². The molecule has 0 bridgehead atoms. The first-order valence-electron chi connectivity index (χ1n) is 5.12. The average molecular weight is 329 g/mol. The van der Waals surface area contributed by atoms with Crippen molar-refractivity contribution >= 4 is 38.9 Å². The Morgan fingerprint density at radius 2 is 1.85 bits per heavy atom. The van der Waals surface area contributed by atoms with Gasteiger partial charge in [0.1, 0.15) is 11.0 Å². The molecule has 0 aliphatic heterocycles. The molecule has 0 aliphatic carbocycles. The third-order valence-electron chi connectivity index (χ3n) is 2.25. The maximum atomic E-state index is 12.0. The topological polar surface area (TPSA) is 95.7 Å². The largest absolute Gasteiger partial charge is 0.279 e. The lowest BCUT2D eigenvalue weighted by molar-refractivity contribution is 0.600. The second kappa shape index (κ2) is 5.63. The molecule has 0 aliphatic rings. The van der Waals surface area contributed by atoms with E-state index in [2.05, 4.69) is 14.7 Å². The third-order valence-corrected chi connectivity index (χ3v) is 4.09. The van der Waals surface area contributed by atoms with Gasteiger partial charge in [-0.25, -0.2) is 18.4 Å². The molecule has 102 valence electrons. The summed E-state index contributed by atoms with van der Waals surface area (Å²) in [6, 6.07) is 6.07. The standard InChI is InChI=1S/C11H6Cl2N4O2S/c12-10-3-8(2-1-7(10)4-14)17-20(18,19)9-5-15-11(13)16-6-9/h1-3,5-6,17H. The summed E-state index contributed by atoms with van der Waals surface area (Å²) in [7, 11) is -3.84. The van der Waals surface area contributed by atoms with Crippen molar-refractivity contribution in [1.82, 2.24) is 9.97 Å². The van der Waals surface area contributed by atoms with Crippen molar-refractivity contribution in [3.05, 3.63) is 46.5 Å². The first-order valence-corrected chi connectivity index (χ1v) is 7.36. The van der Waals surface area contributed by atoms with E-state index in [-0.39, 0.29) is 26.5 Å². The van der Waals surface area contributed by atoms with E-state index < -0.39 is 10.0 Å². The Morgan fingerprint density at radius 3 is 2.40 bits per heavy atom. The molecule has 0 unspecified atom stereocenters. The van der Waals surface area contributed by atoms with Gasteiger partial charge in [0, 0.05) is 0 Å². The van der Waals surface area contributed by atoms with Crippen molar-refractivity contribution in [1.29, 1.82) is 5.26 Å². The number of aromatic nitrogens is 2. The SMILES string of the molecule is N#Cc1ccc(NS(=O)(=O)c2cnc(Cl)nc2)cc1Cl. The van der Waals surface area contributed by atoms with Gasteiger partial charge in [-0.1, -0.05) is 11.6 Å². The van der Waals surface area contributed by atoms with E-state index in [1.165, 1.54) is 18.2 Å². The van der Waals surface area contributed by atoms with Crippen molar-refractivity contribution in [3.63, 3.8) is 0 Å². The molecular weight excluding hydrogens is 323 g/mol. The highest BCUT2D eigenvalue weighted by molar-refractivity contribution is 7.92. The Morgan fingerprint density at radius 1 is 1.20 bits per heavy atom. The summed E-state index contributed by atoms with van der Waals surface area (Å²) in [5, 5.41) is 8.85. The number of halogens is 2. The molecule has 9 heteroatoms. The van der Waals surface area contributed by atoms with Crippen LogP contribution in [-0.4, -0.2) is 18.4 Å². The molecule has 2 aromatic rings. The van der Waals surface area contributed by atoms with Gasteiger partial charge < -0.3 is 0 Å². The summed E-state index contributed by atoms with van der Waals surface area (Å²) in [5.41, 5.74) is 0.480. The summed E-state index contributed by atoms with van der Waals surface area (Å²) in [4.78, 5) is 7.06. The smallest absolute Gasteiger partial charge is 0.264 e. The molecule has 1 N–H and O–H groups in total. The highest BCUT2D eigenvalue weighted by Gasteiger charge is 2.16. The summed E-state index contributed by atoms with van der Waals surface area (Å²) in [5.74, 6) is 0. The molecule has 0 spiro atoms. The van der Waals surface area contributed by atoms with Crippen LogP contribution in [0.4, 0.5) is 5.69 Å². The second-order valence-electron chi connectivity index (χ2n) is 3.60. The van der Waals surface area contributed by atoms with Crippen LogP contribution < -0.4 is 4.72 Å². The lowest BCUT2D eigenvalue weighted by Gasteiger charge is -2.08. The number of benzene rings is 1. The predicted octanol–water partition coefficient (Wildman–Crippen LogP) is 2.46. The van der Waals surface area contributed by atoms with Crippen LogP contribution >= 0.6 is 23.2 Å². The number of nitrogens with zero attached hydrogens (tertiary/aromatic N) is 3. The highest BCUT2D eigenvalue weighted by Crippen LogP contribution is 2.22. The van der Waals surface area contributed by atoms with Gasteiger partial charge in [0.25, 0.3) is 10.0 Å². The molecule has 0 saturated carbocycles. The van der Waals surface area contributed by atoms with Gasteiger partial charge >= 0.3 is 0 Å². The van der Waals surface area contributed by atoms with Crippen molar-refractivity contribution in [3.8, 4) is 6.07 Å². The van der Waals surface area contributed by atoms with Gasteiger partial charge in [0.15, 0.2) is 0 Å². The number of sulfonamides is 1. The quantitative estimate of drug-likeness (QED) is 0.873. The van der Waals surface area contributed by atoms with Crippen molar-refractivity contribution in [2.24, 2.45) is 0 Å². The predicted molar refractivity (Wildman–Crippen MR) is 74.0 cm³/mol. The lowest BCUT2D eigenvalue weighted by atomic mass is 10.2. The Kier molecular flexibility index (Phi) is 4.09. The van der Waals surface area contributed by atoms with Crippen LogP contribution in [-0.2, 0) is 10.0 Å². The lowest BCUT2D eigenvalue weighted by Crippen LogP contribution is -2.13. The minimum atomic E-state index is -3.84. The molecule has 1 aromatic heterocycles. The summed E-state index contributed by atoms with van der Waals surface area (Å²) in [6.07, 6.45) is 2.17. The van der Waals surface area contributed by atoms with E-state index >= 15 is 0 Å². The van der Waals surface area contributed by atoms with Crippen LogP contribution in [0, 0.1) is 11.3 Å². The first-order chi connectivity index (χ1) is 9.42. The zero-order chi connectivity index (χ0) is 14.8. The van der Waals surface area contributed by atoms with Crippen LogP contribution in [0.1, 0.15) is 5.56 Å². The third kappa shape index (κ3) is 3.17. The van der Waals surface area contributed by atoms with Crippen molar-refractivity contribution in [2.75, 3.05) is 4.72 Å². The maximum Gasteiger partial charge on any atom is 0.264 e. The van der Waals surface area contributed by atoms with Gasteiger partial charge in [-0.15, -0.1) is 0 Å². The van der Waals surface area contributed by atoms with Gasteiger partial charge in [0.05, 0.1) is 28.7 Å². The minimum Gasteiger partial charge on any atom is -0.279 e. The molecule has 0 amide bonds. The van der Waals surface area contributed by atoms with Crippen LogP contribution in [0.3, 0.4) is 0 Å². The van der Waals surface area contributed by atoms with Crippen molar-refractivity contribution < 1.29 is 8.42 Å². The number of rotatable bonds is 3. The number of hydrogen-bond donors (Lipinski definition) is 1. The van der Waals surface area contributed by atoms with Gasteiger partial charge in [-0.2, -0.15) is 5.26 Å². The van der Waals surface area contributed by atoms with Crippen LogP contribution in [0.15, 0.2) is 35.5 Å².